The highest BCUT2D eigenvalue weighted by molar-refractivity contribution is 5.84. The summed E-state index contributed by atoms with van der Waals surface area (Å²) in [4.78, 5) is 36.6. The second kappa shape index (κ2) is 10.7. The van der Waals surface area contributed by atoms with Gasteiger partial charge in [0, 0.05) is 18.4 Å². The normalized spacial score (nSPS) is 16.1. The average Bonchev–Trinajstić information content (AvgIpc) is 3.62. The number of nitrogens with one attached hydrogen (secondary N) is 2. The summed E-state index contributed by atoms with van der Waals surface area (Å²) in [5, 5.41) is 14.8. The van der Waals surface area contributed by atoms with Gasteiger partial charge in [0.25, 0.3) is 0 Å². The molecule has 2 amide bonds. The van der Waals surface area contributed by atoms with Crippen molar-refractivity contribution in [1.82, 2.24) is 10.6 Å². The van der Waals surface area contributed by atoms with Crippen LogP contribution in [0.1, 0.15) is 62.5 Å². The Bertz CT molecular complexity index is 1000. The number of alkyl carbamates (subject to hydrolysis) is 1. The van der Waals surface area contributed by atoms with E-state index in [1.807, 2.05) is 31.2 Å². The molecule has 1 unspecified atom stereocenters. The van der Waals surface area contributed by atoms with E-state index in [4.69, 9.17) is 4.74 Å². The van der Waals surface area contributed by atoms with Crippen molar-refractivity contribution in [1.29, 1.82) is 0 Å². The molecule has 3 N–H and O–H groups in total. The molecule has 2 aliphatic rings. The van der Waals surface area contributed by atoms with Crippen molar-refractivity contribution in [2.24, 2.45) is 5.92 Å². The third kappa shape index (κ3) is 5.58. The number of carboxylic acid groups (broad SMARTS) is 1. The van der Waals surface area contributed by atoms with E-state index >= 15 is 0 Å². The van der Waals surface area contributed by atoms with Crippen LogP contribution in [0.25, 0.3) is 11.1 Å². The predicted molar refractivity (Wildman–Crippen MR) is 128 cm³/mol. The van der Waals surface area contributed by atoms with Gasteiger partial charge in [-0.2, -0.15) is 0 Å². The SMILES string of the molecule is CCCC[C@H](CC(=O)NC(C(=O)O)C1CC1)NC(=O)OCC1c2ccccc2-c2ccccc21. The number of carbonyl (C=O) groups is 3. The molecule has 7 nitrogen and oxygen atoms in total. The number of carbonyl (C=O) groups excluding carboxylic acids is 2. The van der Waals surface area contributed by atoms with Gasteiger partial charge in [-0.05, 0) is 47.4 Å². The smallest absolute Gasteiger partial charge is 0.407 e. The summed E-state index contributed by atoms with van der Waals surface area (Å²) in [5.74, 6) is -1.40. The van der Waals surface area contributed by atoms with Gasteiger partial charge in [-0.3, -0.25) is 4.79 Å². The molecule has 7 heteroatoms. The van der Waals surface area contributed by atoms with Crippen molar-refractivity contribution in [3.8, 4) is 11.1 Å². The molecule has 180 valence electrons. The molecule has 0 aliphatic heterocycles. The molecule has 0 heterocycles. The van der Waals surface area contributed by atoms with E-state index in [0.717, 1.165) is 47.9 Å². The third-order valence-electron chi connectivity index (χ3n) is 6.68. The molecule has 0 spiro atoms. The van der Waals surface area contributed by atoms with E-state index in [9.17, 15) is 19.5 Å². The van der Waals surface area contributed by atoms with Crippen molar-refractivity contribution in [2.75, 3.05) is 6.61 Å². The lowest BCUT2D eigenvalue weighted by Gasteiger charge is -2.21. The third-order valence-corrected chi connectivity index (χ3v) is 6.68. The summed E-state index contributed by atoms with van der Waals surface area (Å²) in [7, 11) is 0. The lowest BCUT2D eigenvalue weighted by atomic mass is 9.98. The van der Waals surface area contributed by atoms with Gasteiger partial charge in [0.05, 0.1) is 0 Å². The number of ether oxygens (including phenoxy) is 1. The molecule has 2 aromatic carbocycles. The molecule has 2 aliphatic carbocycles. The molecule has 1 saturated carbocycles. The molecule has 2 aromatic rings. The zero-order valence-electron chi connectivity index (χ0n) is 19.5. The van der Waals surface area contributed by atoms with Crippen LogP contribution in [-0.4, -0.2) is 41.8 Å². The van der Waals surface area contributed by atoms with Crippen molar-refractivity contribution in [3.63, 3.8) is 0 Å². The first-order chi connectivity index (χ1) is 16.5. The maximum atomic E-state index is 12.7. The van der Waals surface area contributed by atoms with Gasteiger partial charge in [-0.25, -0.2) is 9.59 Å². The van der Waals surface area contributed by atoms with Crippen molar-refractivity contribution >= 4 is 18.0 Å². The fraction of sp³-hybridized carbons (Fsp3) is 0.444. The first-order valence-corrected chi connectivity index (χ1v) is 12.1. The molecule has 0 saturated heterocycles. The lowest BCUT2D eigenvalue weighted by Crippen LogP contribution is -2.46. The topological polar surface area (TPSA) is 105 Å². The Morgan fingerprint density at radius 2 is 1.62 bits per heavy atom. The van der Waals surface area contributed by atoms with Crippen LogP contribution in [-0.2, 0) is 14.3 Å². The van der Waals surface area contributed by atoms with E-state index < -0.39 is 24.1 Å². The Kier molecular flexibility index (Phi) is 7.50. The zero-order valence-corrected chi connectivity index (χ0v) is 19.5. The minimum Gasteiger partial charge on any atom is -0.480 e. The van der Waals surface area contributed by atoms with E-state index in [0.29, 0.717) is 6.42 Å². The Labute approximate surface area is 199 Å². The van der Waals surface area contributed by atoms with Gasteiger partial charge in [0.15, 0.2) is 0 Å². The lowest BCUT2D eigenvalue weighted by molar-refractivity contribution is -0.142. The predicted octanol–water partition coefficient (Wildman–Crippen LogP) is 4.45. The van der Waals surface area contributed by atoms with Crippen LogP contribution in [0.4, 0.5) is 4.79 Å². The molecular weight excluding hydrogens is 432 g/mol. The van der Waals surface area contributed by atoms with E-state index in [2.05, 4.69) is 34.9 Å². The Morgan fingerprint density at radius 1 is 1.00 bits per heavy atom. The van der Waals surface area contributed by atoms with E-state index in [1.165, 1.54) is 0 Å². The van der Waals surface area contributed by atoms with Crippen LogP contribution < -0.4 is 10.6 Å². The maximum absolute atomic E-state index is 12.7. The highest BCUT2D eigenvalue weighted by atomic mass is 16.5. The first kappa shape index (κ1) is 23.8. The number of carboxylic acids is 1. The number of hydrogen-bond acceptors (Lipinski definition) is 4. The van der Waals surface area contributed by atoms with Crippen LogP contribution in [0.5, 0.6) is 0 Å². The molecule has 34 heavy (non-hydrogen) atoms. The van der Waals surface area contributed by atoms with Gasteiger partial charge in [-0.1, -0.05) is 68.3 Å². The number of rotatable bonds is 11. The highest BCUT2D eigenvalue weighted by Crippen LogP contribution is 2.44. The number of hydrogen-bond donors (Lipinski definition) is 3. The molecule has 0 radical (unpaired) electrons. The van der Waals surface area contributed by atoms with Crippen molar-refractivity contribution in [3.05, 3.63) is 59.7 Å². The van der Waals surface area contributed by atoms with Gasteiger partial charge >= 0.3 is 12.1 Å². The van der Waals surface area contributed by atoms with Crippen molar-refractivity contribution in [2.45, 2.75) is 63.5 Å². The zero-order chi connectivity index (χ0) is 24.1. The van der Waals surface area contributed by atoms with Crippen LogP contribution in [0.15, 0.2) is 48.5 Å². The van der Waals surface area contributed by atoms with Crippen molar-refractivity contribution < 1.29 is 24.2 Å². The van der Waals surface area contributed by atoms with Gasteiger partial charge in [0.2, 0.25) is 5.91 Å². The van der Waals surface area contributed by atoms with Crippen LogP contribution >= 0.6 is 0 Å². The second-order valence-corrected chi connectivity index (χ2v) is 9.23. The molecule has 0 bridgehead atoms. The summed E-state index contributed by atoms with van der Waals surface area (Å²) in [6.07, 6.45) is 3.48. The standard InChI is InChI=1S/C27H32N2O5/c1-2-3-8-18(15-24(30)29-25(26(31)32)17-13-14-17)28-27(33)34-16-23-21-11-6-4-9-19(21)20-10-5-7-12-22(20)23/h4-7,9-12,17-18,23,25H,2-3,8,13-16H2,1H3,(H,28,33)(H,29,30)(H,31,32)/t18-,25?/m1/s1. The minimum atomic E-state index is -1.01. The van der Waals surface area contributed by atoms with Gasteiger partial charge in [-0.15, -0.1) is 0 Å². The number of unbranched alkanes of at least 4 members (excludes halogenated alkanes) is 1. The Hall–Kier alpha value is -3.35. The number of amides is 2. The highest BCUT2D eigenvalue weighted by Gasteiger charge is 2.37. The monoisotopic (exact) mass is 464 g/mol. The fourth-order valence-electron chi connectivity index (χ4n) is 4.75. The van der Waals surface area contributed by atoms with Crippen LogP contribution in [0, 0.1) is 5.92 Å². The number of fused-ring (bicyclic) bond motifs is 3. The molecule has 0 aromatic heterocycles. The summed E-state index contributed by atoms with van der Waals surface area (Å²) >= 11 is 0. The summed E-state index contributed by atoms with van der Waals surface area (Å²) in [6, 6.07) is 15.0. The Balaban J connectivity index is 1.35. The molecule has 2 atom stereocenters. The first-order valence-electron chi connectivity index (χ1n) is 12.1. The quantitative estimate of drug-likeness (QED) is 0.456. The fourth-order valence-corrected chi connectivity index (χ4v) is 4.75. The van der Waals surface area contributed by atoms with Crippen LogP contribution in [0.2, 0.25) is 0 Å². The molecular formula is C27H32N2O5. The molecule has 1 fully saturated rings. The maximum Gasteiger partial charge on any atom is 0.407 e. The summed E-state index contributed by atoms with van der Waals surface area (Å²) < 4.78 is 5.62. The Morgan fingerprint density at radius 3 is 2.18 bits per heavy atom. The summed E-state index contributed by atoms with van der Waals surface area (Å²) in [5.41, 5.74) is 4.60. The van der Waals surface area contributed by atoms with E-state index in [-0.39, 0.29) is 30.8 Å². The van der Waals surface area contributed by atoms with Gasteiger partial charge in [0.1, 0.15) is 12.6 Å². The second-order valence-electron chi connectivity index (χ2n) is 9.23. The number of aliphatic carboxylic acids is 1. The molecule has 4 rings (SSSR count). The largest absolute Gasteiger partial charge is 0.480 e. The number of benzene rings is 2. The van der Waals surface area contributed by atoms with E-state index in [1.54, 1.807) is 0 Å². The average molecular weight is 465 g/mol. The van der Waals surface area contributed by atoms with Crippen LogP contribution in [0.3, 0.4) is 0 Å². The summed E-state index contributed by atoms with van der Waals surface area (Å²) in [6.45, 7) is 2.24. The minimum absolute atomic E-state index is 0.00522. The van der Waals surface area contributed by atoms with Gasteiger partial charge < -0.3 is 20.5 Å².